The highest BCUT2D eigenvalue weighted by molar-refractivity contribution is 7.17. The van der Waals surface area contributed by atoms with Crippen molar-refractivity contribution in [2.75, 3.05) is 25.1 Å². The average molecular weight is 413 g/mol. The van der Waals surface area contributed by atoms with E-state index >= 15 is 0 Å². The van der Waals surface area contributed by atoms with E-state index in [-0.39, 0.29) is 0 Å². The Morgan fingerprint density at radius 1 is 1.10 bits per heavy atom. The van der Waals surface area contributed by atoms with Crippen molar-refractivity contribution in [3.8, 4) is 5.75 Å². The largest absolute Gasteiger partial charge is 0.497 e. The molecule has 7 nitrogen and oxygen atoms in total. The second-order valence-electron chi connectivity index (χ2n) is 7.37. The number of amides is 3. The van der Waals surface area contributed by atoms with Crippen LogP contribution in [0.15, 0.2) is 41.5 Å². The standard InChI is InChI=1S/C21H24N4O3S/c1-21(15-6-8-16(28-2)9-7-15)19(26)25(20(27)23-21)22-14-17-10-11-18(29-17)24-12-4-3-5-13-24/h6-11,14H,3-5,12-13H2,1-2H3,(H,23,27)/b22-14-/t21-/m1/s1. The van der Waals surface area contributed by atoms with E-state index in [1.165, 1.54) is 24.3 Å². The number of hydrogen-bond acceptors (Lipinski definition) is 6. The number of carbonyl (C=O) groups excluding carboxylic acids is 2. The number of urea groups is 1. The molecule has 2 saturated heterocycles. The summed E-state index contributed by atoms with van der Waals surface area (Å²) in [5.41, 5.74) is -0.479. The fourth-order valence-corrected chi connectivity index (χ4v) is 4.58. The fraction of sp³-hybridized carbons (Fsp3) is 0.381. The Morgan fingerprint density at radius 2 is 1.83 bits per heavy atom. The van der Waals surface area contributed by atoms with Crippen molar-refractivity contribution >= 4 is 34.5 Å². The molecule has 1 aromatic carbocycles. The van der Waals surface area contributed by atoms with Gasteiger partial charge in [0.15, 0.2) is 0 Å². The third-order valence-corrected chi connectivity index (χ3v) is 6.50. The van der Waals surface area contributed by atoms with E-state index < -0.39 is 17.5 Å². The molecule has 0 spiro atoms. The molecular formula is C21H24N4O3S. The molecule has 1 N–H and O–H groups in total. The summed E-state index contributed by atoms with van der Waals surface area (Å²) in [6.45, 7) is 3.83. The van der Waals surface area contributed by atoms with Crippen molar-refractivity contribution in [3.05, 3.63) is 46.8 Å². The van der Waals surface area contributed by atoms with Gasteiger partial charge in [-0.3, -0.25) is 4.79 Å². The van der Waals surface area contributed by atoms with Crippen molar-refractivity contribution in [2.24, 2.45) is 5.10 Å². The van der Waals surface area contributed by atoms with Gasteiger partial charge in [0.1, 0.15) is 11.3 Å². The monoisotopic (exact) mass is 412 g/mol. The highest BCUT2D eigenvalue weighted by atomic mass is 32.1. The number of nitrogens with one attached hydrogen (secondary N) is 1. The van der Waals surface area contributed by atoms with Crippen molar-refractivity contribution in [2.45, 2.75) is 31.7 Å². The minimum absolute atomic E-state index is 0.406. The Labute approximate surface area is 174 Å². The Morgan fingerprint density at radius 3 is 2.52 bits per heavy atom. The number of rotatable bonds is 5. The lowest BCUT2D eigenvalue weighted by molar-refractivity contribution is -0.131. The van der Waals surface area contributed by atoms with Crippen LogP contribution in [0.2, 0.25) is 0 Å². The first kappa shape index (κ1) is 19.4. The number of carbonyl (C=O) groups is 2. The number of benzene rings is 1. The normalized spacial score (nSPS) is 22.4. The van der Waals surface area contributed by atoms with E-state index in [1.807, 2.05) is 6.07 Å². The summed E-state index contributed by atoms with van der Waals surface area (Å²) in [4.78, 5) is 28.7. The first-order valence-electron chi connectivity index (χ1n) is 9.71. The summed E-state index contributed by atoms with van der Waals surface area (Å²) in [6, 6.07) is 10.6. The third kappa shape index (κ3) is 3.72. The molecule has 1 aromatic heterocycles. The SMILES string of the molecule is COc1ccc([C@@]2(C)NC(=O)N(/N=C\c3ccc(N4CCCCC4)s3)C2=O)cc1. The van der Waals surface area contributed by atoms with Crippen LogP contribution in [0.25, 0.3) is 0 Å². The first-order valence-corrected chi connectivity index (χ1v) is 10.5. The second-order valence-corrected chi connectivity index (χ2v) is 8.46. The van der Waals surface area contributed by atoms with Gasteiger partial charge < -0.3 is 15.0 Å². The maximum Gasteiger partial charge on any atom is 0.346 e. The molecule has 0 bridgehead atoms. The molecule has 3 amide bonds. The number of anilines is 1. The van der Waals surface area contributed by atoms with Crippen molar-refractivity contribution in [1.82, 2.24) is 10.3 Å². The van der Waals surface area contributed by atoms with Crippen LogP contribution in [-0.4, -0.2) is 43.4 Å². The maximum absolute atomic E-state index is 13.0. The van der Waals surface area contributed by atoms with E-state index in [1.54, 1.807) is 55.9 Å². The summed E-state index contributed by atoms with van der Waals surface area (Å²) in [5, 5.41) is 9.05. The Kier molecular flexibility index (Phi) is 5.27. The average Bonchev–Trinajstić information content (AvgIpc) is 3.31. The molecule has 29 heavy (non-hydrogen) atoms. The second kappa shape index (κ2) is 7.87. The first-order chi connectivity index (χ1) is 14.0. The van der Waals surface area contributed by atoms with E-state index in [0.717, 1.165) is 23.0 Å². The molecule has 4 rings (SSSR count). The lowest BCUT2D eigenvalue weighted by atomic mass is 9.92. The molecule has 1 atom stereocenters. The molecule has 8 heteroatoms. The summed E-state index contributed by atoms with van der Waals surface area (Å²) in [5.74, 6) is 0.280. The van der Waals surface area contributed by atoms with Crippen LogP contribution in [-0.2, 0) is 10.3 Å². The van der Waals surface area contributed by atoms with Gasteiger partial charge in [-0.2, -0.15) is 5.10 Å². The van der Waals surface area contributed by atoms with Crippen molar-refractivity contribution in [1.29, 1.82) is 0 Å². The van der Waals surface area contributed by atoms with Crippen LogP contribution in [0.3, 0.4) is 0 Å². The summed E-state index contributed by atoms with van der Waals surface area (Å²) in [6.07, 6.45) is 5.30. The quantitative estimate of drug-likeness (QED) is 0.602. The number of piperidine rings is 1. The zero-order valence-corrected chi connectivity index (χ0v) is 17.4. The van der Waals surface area contributed by atoms with E-state index in [4.69, 9.17) is 4.74 Å². The highest BCUT2D eigenvalue weighted by Gasteiger charge is 2.49. The molecule has 2 aromatic rings. The maximum atomic E-state index is 13.0. The minimum atomic E-state index is -1.16. The number of imide groups is 1. The van der Waals surface area contributed by atoms with Gasteiger partial charge in [0.25, 0.3) is 5.91 Å². The van der Waals surface area contributed by atoms with Gasteiger partial charge in [-0.05, 0) is 56.0 Å². The predicted octanol–water partition coefficient (Wildman–Crippen LogP) is 3.55. The van der Waals surface area contributed by atoms with E-state index in [9.17, 15) is 9.59 Å². The van der Waals surface area contributed by atoms with E-state index in [0.29, 0.717) is 11.3 Å². The summed E-state index contributed by atoms with van der Waals surface area (Å²) >= 11 is 1.62. The van der Waals surface area contributed by atoms with Gasteiger partial charge in [-0.15, -0.1) is 16.3 Å². The minimum Gasteiger partial charge on any atom is -0.497 e. The number of nitrogens with zero attached hydrogens (tertiary/aromatic N) is 3. The number of thiophene rings is 1. The molecule has 152 valence electrons. The van der Waals surface area contributed by atoms with E-state index in [2.05, 4.69) is 21.4 Å². The zero-order valence-electron chi connectivity index (χ0n) is 16.6. The van der Waals surface area contributed by atoms with Gasteiger partial charge in [0.05, 0.1) is 18.3 Å². The van der Waals surface area contributed by atoms with Gasteiger partial charge in [0.2, 0.25) is 0 Å². The molecule has 2 fully saturated rings. The van der Waals surface area contributed by atoms with Crippen LogP contribution in [0, 0.1) is 0 Å². The topological polar surface area (TPSA) is 74.2 Å². The molecule has 0 radical (unpaired) electrons. The fourth-order valence-electron chi connectivity index (χ4n) is 3.66. The number of ether oxygens (including phenoxy) is 1. The van der Waals surface area contributed by atoms with Crippen LogP contribution in [0.5, 0.6) is 5.75 Å². The van der Waals surface area contributed by atoms with Gasteiger partial charge >= 0.3 is 6.03 Å². The lowest BCUT2D eigenvalue weighted by Gasteiger charge is -2.27. The van der Waals surface area contributed by atoms with Gasteiger partial charge in [-0.1, -0.05) is 12.1 Å². The molecule has 3 heterocycles. The third-order valence-electron chi connectivity index (χ3n) is 5.42. The van der Waals surface area contributed by atoms with Crippen LogP contribution in [0.4, 0.5) is 9.80 Å². The summed E-state index contributed by atoms with van der Waals surface area (Å²) < 4.78 is 5.16. The Hall–Kier alpha value is -2.87. The molecular weight excluding hydrogens is 388 g/mol. The smallest absolute Gasteiger partial charge is 0.346 e. The molecule has 0 saturated carbocycles. The van der Waals surface area contributed by atoms with Crippen LogP contribution < -0.4 is 15.0 Å². The van der Waals surface area contributed by atoms with Crippen LogP contribution >= 0.6 is 11.3 Å². The number of hydrazone groups is 1. The highest BCUT2D eigenvalue weighted by Crippen LogP contribution is 2.31. The predicted molar refractivity (Wildman–Crippen MR) is 114 cm³/mol. The molecule has 2 aliphatic heterocycles. The van der Waals surface area contributed by atoms with Crippen LogP contribution in [0.1, 0.15) is 36.6 Å². The molecule has 0 unspecified atom stereocenters. The zero-order chi connectivity index (χ0) is 20.4. The van der Waals surface area contributed by atoms with Crippen molar-refractivity contribution in [3.63, 3.8) is 0 Å². The summed E-state index contributed by atoms with van der Waals surface area (Å²) in [7, 11) is 1.58. The van der Waals surface area contributed by atoms with Gasteiger partial charge in [0, 0.05) is 18.0 Å². The van der Waals surface area contributed by atoms with Crippen molar-refractivity contribution < 1.29 is 14.3 Å². The van der Waals surface area contributed by atoms with Gasteiger partial charge in [-0.25, -0.2) is 4.79 Å². The molecule has 0 aliphatic carbocycles. The number of hydrogen-bond donors (Lipinski definition) is 1. The number of methoxy groups -OCH3 is 1. The lowest BCUT2D eigenvalue weighted by Crippen LogP contribution is -2.40. The Bertz CT molecular complexity index is 934. The Balaban J connectivity index is 1.49. The molecule has 2 aliphatic rings.